The average molecular weight is 386 g/mol. The highest BCUT2D eigenvalue weighted by Gasteiger charge is 2.44. The Bertz CT molecular complexity index is 422. The molecule has 6 atom stereocenters. The van der Waals surface area contributed by atoms with Crippen LogP contribution in [0.3, 0.4) is 0 Å². The number of oxime groups is 1. The minimum absolute atomic E-state index is 0.346. The number of aliphatic hydroxyl groups excluding tert-OH is 4. The number of thioether (sulfide) groups is 1. The van der Waals surface area contributed by atoms with E-state index in [1.54, 1.807) is 6.26 Å². The molecule has 1 aliphatic rings. The smallest absolute Gasteiger partial charge is 0.138 e. The maximum atomic E-state index is 10.9. The molecule has 1 saturated heterocycles. The Kier molecular flexibility index (Phi) is 10.4. The summed E-state index contributed by atoms with van der Waals surface area (Å²) in [7, 11) is -0.778. The molecule has 0 saturated carbocycles. The molecule has 0 amide bonds. The van der Waals surface area contributed by atoms with Gasteiger partial charge in [0.1, 0.15) is 34.9 Å². The van der Waals surface area contributed by atoms with Crippen LogP contribution in [0.15, 0.2) is 5.16 Å². The molecule has 1 aliphatic heterocycles. The van der Waals surface area contributed by atoms with Gasteiger partial charge in [-0.15, -0.1) is 0 Å². The SMILES string of the molecule is CS(=O)CCCCCCC(=NO)S[C@@H]1O[C@H](CO)[C@@H](O)[C@H](O)[C@H]1O. The van der Waals surface area contributed by atoms with Crippen molar-refractivity contribution in [2.24, 2.45) is 5.16 Å². The highest BCUT2D eigenvalue weighted by Crippen LogP contribution is 2.30. The average Bonchev–Trinajstić information content (AvgIpc) is 2.56. The van der Waals surface area contributed by atoms with Crippen LogP contribution in [0.4, 0.5) is 0 Å². The quantitative estimate of drug-likeness (QED) is 0.119. The van der Waals surface area contributed by atoms with E-state index in [1.165, 1.54) is 0 Å². The zero-order valence-electron chi connectivity index (χ0n) is 13.7. The predicted octanol–water partition coefficient (Wildman–Crippen LogP) is -0.364. The number of rotatable bonds is 9. The normalized spacial score (nSPS) is 32.7. The summed E-state index contributed by atoms with van der Waals surface area (Å²) < 4.78 is 16.3. The van der Waals surface area contributed by atoms with Crippen molar-refractivity contribution in [3.05, 3.63) is 0 Å². The molecule has 0 spiro atoms. The number of nitrogens with zero attached hydrogens (tertiary/aromatic N) is 1. The van der Waals surface area contributed by atoms with Crippen molar-refractivity contribution in [2.75, 3.05) is 18.6 Å². The van der Waals surface area contributed by atoms with E-state index in [0.717, 1.165) is 37.4 Å². The van der Waals surface area contributed by atoms with Gasteiger partial charge in [0.05, 0.1) is 6.61 Å². The lowest BCUT2D eigenvalue weighted by atomic mass is 10.0. The summed E-state index contributed by atoms with van der Waals surface area (Å²) in [5, 5.41) is 51.2. The molecule has 1 rings (SSSR count). The van der Waals surface area contributed by atoms with E-state index in [-0.39, 0.29) is 0 Å². The zero-order valence-corrected chi connectivity index (χ0v) is 15.3. The van der Waals surface area contributed by atoms with Gasteiger partial charge in [-0.2, -0.15) is 0 Å². The first-order chi connectivity index (χ1) is 11.4. The van der Waals surface area contributed by atoms with Crippen LogP contribution < -0.4 is 0 Å². The van der Waals surface area contributed by atoms with Crippen LogP contribution in [0.5, 0.6) is 0 Å². The fraction of sp³-hybridized carbons (Fsp3) is 0.929. The monoisotopic (exact) mass is 385 g/mol. The molecule has 24 heavy (non-hydrogen) atoms. The Morgan fingerprint density at radius 1 is 1.12 bits per heavy atom. The van der Waals surface area contributed by atoms with E-state index >= 15 is 0 Å². The number of hydrogen-bond acceptors (Lipinski definition) is 9. The molecule has 0 radical (unpaired) electrons. The van der Waals surface area contributed by atoms with Gasteiger partial charge in [-0.3, -0.25) is 4.21 Å². The molecular formula is C14H27NO7S2. The summed E-state index contributed by atoms with van der Waals surface area (Å²) in [6.45, 7) is -0.494. The molecule has 142 valence electrons. The molecule has 0 aliphatic carbocycles. The topological polar surface area (TPSA) is 140 Å². The van der Waals surface area contributed by atoms with Gasteiger partial charge in [-0.25, -0.2) is 0 Å². The largest absolute Gasteiger partial charge is 0.410 e. The lowest BCUT2D eigenvalue weighted by Gasteiger charge is -2.39. The van der Waals surface area contributed by atoms with Crippen molar-refractivity contribution in [2.45, 2.75) is 62.0 Å². The number of ether oxygens (including phenoxy) is 1. The van der Waals surface area contributed by atoms with Gasteiger partial charge < -0.3 is 30.4 Å². The van der Waals surface area contributed by atoms with Crippen molar-refractivity contribution in [3.63, 3.8) is 0 Å². The van der Waals surface area contributed by atoms with Crippen molar-refractivity contribution >= 4 is 27.6 Å². The molecule has 1 unspecified atom stereocenters. The third kappa shape index (κ3) is 6.95. The van der Waals surface area contributed by atoms with Crippen LogP contribution in [-0.2, 0) is 15.5 Å². The zero-order chi connectivity index (χ0) is 18.1. The highest BCUT2D eigenvalue weighted by atomic mass is 32.2. The van der Waals surface area contributed by atoms with Gasteiger partial charge in [0.25, 0.3) is 0 Å². The standard InChI is InChI=1S/C14H27NO7S2/c1-24(21)7-5-3-2-4-6-10(15-20)23-14-13(19)12(18)11(17)9(8-16)22-14/h9,11-14,16-20H,2-8H2,1H3/t9-,11-,12+,13-,14+,24?/m1/s1. The van der Waals surface area contributed by atoms with Crippen LogP contribution >= 0.6 is 11.8 Å². The molecule has 0 aromatic heterocycles. The minimum atomic E-state index is -1.44. The summed E-state index contributed by atoms with van der Waals surface area (Å²) in [5.74, 6) is 0.681. The van der Waals surface area contributed by atoms with Crippen LogP contribution in [0.25, 0.3) is 0 Å². The van der Waals surface area contributed by atoms with Crippen molar-refractivity contribution in [1.29, 1.82) is 0 Å². The molecule has 1 heterocycles. The summed E-state index contributed by atoms with van der Waals surface area (Å²) in [6.07, 6.45) is 0.450. The lowest BCUT2D eigenvalue weighted by molar-refractivity contribution is -0.205. The molecular weight excluding hydrogens is 358 g/mol. The van der Waals surface area contributed by atoms with E-state index in [0.29, 0.717) is 17.2 Å². The minimum Gasteiger partial charge on any atom is -0.410 e. The van der Waals surface area contributed by atoms with Crippen molar-refractivity contribution in [1.82, 2.24) is 0 Å². The number of hydrogen-bond donors (Lipinski definition) is 5. The van der Waals surface area contributed by atoms with E-state index in [2.05, 4.69) is 5.16 Å². The second kappa shape index (κ2) is 11.4. The van der Waals surface area contributed by atoms with Gasteiger partial charge >= 0.3 is 0 Å². The molecule has 8 nitrogen and oxygen atoms in total. The van der Waals surface area contributed by atoms with E-state index in [4.69, 9.17) is 15.1 Å². The Morgan fingerprint density at radius 2 is 1.79 bits per heavy atom. The third-order valence-corrected chi connectivity index (χ3v) is 5.83. The first-order valence-corrected chi connectivity index (χ1v) is 10.5. The highest BCUT2D eigenvalue weighted by molar-refractivity contribution is 8.14. The van der Waals surface area contributed by atoms with E-state index < -0.39 is 47.3 Å². The predicted molar refractivity (Wildman–Crippen MR) is 92.6 cm³/mol. The van der Waals surface area contributed by atoms with E-state index in [1.807, 2.05) is 0 Å². The van der Waals surface area contributed by atoms with Gasteiger partial charge in [0.2, 0.25) is 0 Å². The summed E-state index contributed by atoms with van der Waals surface area (Å²) in [5.41, 5.74) is -0.936. The van der Waals surface area contributed by atoms with Crippen LogP contribution in [0.1, 0.15) is 32.1 Å². The maximum Gasteiger partial charge on any atom is 0.138 e. The van der Waals surface area contributed by atoms with Gasteiger partial charge in [-0.1, -0.05) is 29.8 Å². The molecule has 0 aromatic carbocycles. The fourth-order valence-electron chi connectivity index (χ4n) is 2.37. The lowest BCUT2D eigenvalue weighted by Crippen LogP contribution is -2.57. The van der Waals surface area contributed by atoms with Gasteiger partial charge in [-0.05, 0) is 19.3 Å². The molecule has 10 heteroatoms. The summed E-state index contributed by atoms with van der Waals surface area (Å²) in [4.78, 5) is 0. The molecule has 0 bridgehead atoms. The first kappa shape index (κ1) is 21.8. The fourth-order valence-corrected chi connectivity index (χ4v) is 4.05. The van der Waals surface area contributed by atoms with Crippen LogP contribution in [-0.4, -0.2) is 83.4 Å². The maximum absolute atomic E-state index is 10.9. The second-order valence-corrected chi connectivity index (χ2v) is 8.48. The summed E-state index contributed by atoms with van der Waals surface area (Å²) in [6, 6.07) is 0. The third-order valence-electron chi connectivity index (χ3n) is 3.78. The van der Waals surface area contributed by atoms with Crippen LogP contribution in [0, 0.1) is 0 Å². The van der Waals surface area contributed by atoms with Crippen LogP contribution in [0.2, 0.25) is 0 Å². The Morgan fingerprint density at radius 3 is 2.38 bits per heavy atom. The van der Waals surface area contributed by atoms with E-state index in [9.17, 15) is 19.5 Å². The molecule has 1 fully saturated rings. The Balaban J connectivity index is 2.40. The number of unbranched alkanes of at least 4 members (excludes halogenated alkanes) is 3. The van der Waals surface area contributed by atoms with Gasteiger partial charge in [0, 0.05) is 22.8 Å². The summed E-state index contributed by atoms with van der Waals surface area (Å²) >= 11 is 0.964. The van der Waals surface area contributed by atoms with Crippen molar-refractivity contribution in [3.8, 4) is 0 Å². The second-order valence-electron chi connectivity index (χ2n) is 5.75. The van der Waals surface area contributed by atoms with Crippen molar-refractivity contribution < 1.29 is 34.6 Å². The molecule has 5 N–H and O–H groups in total. The number of aliphatic hydroxyl groups is 4. The first-order valence-electron chi connectivity index (χ1n) is 7.88. The van der Waals surface area contributed by atoms with Gasteiger partial charge in [0.15, 0.2) is 0 Å². The molecule has 0 aromatic rings. The Hall–Kier alpha value is -0.230. The Labute approximate surface area is 148 Å².